The van der Waals surface area contributed by atoms with Gasteiger partial charge in [-0.05, 0) is 32.6 Å². The van der Waals surface area contributed by atoms with Crippen LogP contribution in [0.5, 0.6) is 0 Å². The first-order valence-electron chi connectivity index (χ1n) is 7.60. The molecule has 0 N–H and O–H groups in total. The number of ether oxygens (including phenoxy) is 1. The van der Waals surface area contributed by atoms with E-state index in [9.17, 15) is 4.79 Å². The van der Waals surface area contributed by atoms with Crippen molar-refractivity contribution in [2.24, 2.45) is 0 Å². The highest BCUT2D eigenvalue weighted by molar-refractivity contribution is 5.91. The quantitative estimate of drug-likeness (QED) is 0.806. The predicted molar refractivity (Wildman–Crippen MR) is 77.6 cm³/mol. The number of esters is 1. The summed E-state index contributed by atoms with van der Waals surface area (Å²) in [4.78, 5) is 19.1. The van der Waals surface area contributed by atoms with Crippen molar-refractivity contribution in [2.45, 2.75) is 38.6 Å². The molecule has 2 aliphatic rings. The minimum absolute atomic E-state index is 0.326. The Morgan fingerprint density at radius 3 is 3.05 bits per heavy atom. The van der Waals surface area contributed by atoms with Crippen LogP contribution >= 0.6 is 0 Å². The van der Waals surface area contributed by atoms with Crippen LogP contribution in [0.15, 0.2) is 12.3 Å². The van der Waals surface area contributed by atoms with Gasteiger partial charge in [0.25, 0.3) is 0 Å². The molecule has 1 fully saturated rings. The third-order valence-corrected chi connectivity index (χ3v) is 4.46. The lowest BCUT2D eigenvalue weighted by atomic mass is 9.92. The average molecular weight is 286 g/mol. The molecule has 6 heteroatoms. The third-order valence-electron chi connectivity index (χ3n) is 4.46. The summed E-state index contributed by atoms with van der Waals surface area (Å²) in [7, 11) is 0. The summed E-state index contributed by atoms with van der Waals surface area (Å²) < 4.78 is 7.03. The number of nitrogens with zero attached hydrogens (tertiary/aromatic N) is 4. The number of hydrogen-bond acceptors (Lipinski definition) is 5. The number of aromatic nitrogens is 3. The van der Waals surface area contributed by atoms with E-state index in [1.165, 1.54) is 19.3 Å². The Morgan fingerprint density at radius 2 is 2.33 bits per heavy atom. The number of carbonyl (C=O) groups excluding carboxylic acids is 1. The highest BCUT2D eigenvalue weighted by Gasteiger charge is 2.35. The molecular formula is C15H18N4O2. The van der Waals surface area contributed by atoms with Crippen LogP contribution in [0.2, 0.25) is 0 Å². The van der Waals surface area contributed by atoms with Gasteiger partial charge in [0, 0.05) is 24.2 Å². The molecule has 3 heterocycles. The summed E-state index contributed by atoms with van der Waals surface area (Å²) in [5.41, 5.74) is 2.15. The molecule has 0 unspecified atom stereocenters. The number of anilines is 1. The maximum atomic E-state index is 12.2. The Kier molecular flexibility index (Phi) is 2.83. The van der Waals surface area contributed by atoms with Crippen molar-refractivity contribution in [1.82, 2.24) is 14.6 Å². The van der Waals surface area contributed by atoms with Crippen LogP contribution in [0.4, 0.5) is 5.82 Å². The minimum atomic E-state index is -0.326. The summed E-state index contributed by atoms with van der Waals surface area (Å²) in [5.74, 6) is 0.714. The number of fused-ring (bicyclic) bond motifs is 3. The smallest absolute Gasteiger partial charge is 0.357 e. The number of hydrogen-bond donors (Lipinski definition) is 0. The Bertz CT molecular complexity index is 705. The van der Waals surface area contributed by atoms with E-state index in [2.05, 4.69) is 15.0 Å². The molecule has 110 valence electrons. The van der Waals surface area contributed by atoms with Crippen molar-refractivity contribution < 1.29 is 9.53 Å². The van der Waals surface area contributed by atoms with E-state index >= 15 is 0 Å². The fourth-order valence-corrected chi connectivity index (χ4v) is 3.25. The van der Waals surface area contributed by atoms with Crippen molar-refractivity contribution in [2.75, 3.05) is 18.1 Å². The summed E-state index contributed by atoms with van der Waals surface area (Å²) >= 11 is 0. The summed E-state index contributed by atoms with van der Waals surface area (Å²) in [6, 6.07) is 2.41. The Labute approximate surface area is 122 Å². The molecule has 4 rings (SSSR count). The normalized spacial score (nSPS) is 17.9. The molecule has 0 atom stereocenters. The van der Waals surface area contributed by atoms with Gasteiger partial charge in [0.2, 0.25) is 0 Å². The summed E-state index contributed by atoms with van der Waals surface area (Å²) in [6.45, 7) is 3.12. The molecule has 1 aliphatic carbocycles. The standard InChI is InChI=1S/C15H18N4O2/c1-2-21-15(20)13-11-7-9-18(10-4-3-5-10)14(11)19-12(17-13)6-8-16-19/h6,8,10H,2-5,7,9H2,1H3. The van der Waals surface area contributed by atoms with Crippen LogP contribution in [0.1, 0.15) is 42.2 Å². The number of carbonyl (C=O) groups is 1. The second-order valence-electron chi connectivity index (χ2n) is 5.61. The van der Waals surface area contributed by atoms with Crippen LogP contribution in [0.25, 0.3) is 5.65 Å². The summed E-state index contributed by atoms with van der Waals surface area (Å²) in [6.07, 6.45) is 6.30. The molecule has 0 amide bonds. The first-order valence-corrected chi connectivity index (χ1v) is 7.60. The molecular weight excluding hydrogens is 268 g/mol. The first-order chi connectivity index (χ1) is 10.3. The van der Waals surface area contributed by atoms with E-state index in [0.29, 0.717) is 24.0 Å². The minimum Gasteiger partial charge on any atom is -0.461 e. The molecule has 0 saturated heterocycles. The highest BCUT2D eigenvalue weighted by atomic mass is 16.5. The van der Waals surface area contributed by atoms with Gasteiger partial charge < -0.3 is 9.64 Å². The van der Waals surface area contributed by atoms with Gasteiger partial charge in [0.05, 0.1) is 12.8 Å². The van der Waals surface area contributed by atoms with Gasteiger partial charge >= 0.3 is 5.97 Å². The number of rotatable bonds is 3. The maximum absolute atomic E-state index is 12.2. The van der Waals surface area contributed by atoms with Gasteiger partial charge in [0.15, 0.2) is 11.3 Å². The average Bonchev–Trinajstić information content (AvgIpc) is 3.02. The van der Waals surface area contributed by atoms with Gasteiger partial charge in [-0.3, -0.25) is 0 Å². The van der Waals surface area contributed by atoms with Crippen LogP contribution in [-0.2, 0) is 11.2 Å². The van der Waals surface area contributed by atoms with Gasteiger partial charge in [-0.15, -0.1) is 0 Å². The molecule has 0 aromatic carbocycles. The van der Waals surface area contributed by atoms with Crippen molar-refractivity contribution >= 4 is 17.4 Å². The summed E-state index contributed by atoms with van der Waals surface area (Å²) in [5, 5.41) is 4.39. The molecule has 21 heavy (non-hydrogen) atoms. The van der Waals surface area contributed by atoms with Gasteiger partial charge in [-0.2, -0.15) is 9.61 Å². The Hall–Kier alpha value is -2.11. The topological polar surface area (TPSA) is 59.7 Å². The van der Waals surface area contributed by atoms with E-state index in [4.69, 9.17) is 4.74 Å². The van der Waals surface area contributed by atoms with Gasteiger partial charge in [-0.1, -0.05) is 0 Å². The van der Waals surface area contributed by atoms with Crippen LogP contribution in [0, 0.1) is 0 Å². The first kappa shape index (κ1) is 12.6. The molecule has 0 radical (unpaired) electrons. The molecule has 2 aromatic rings. The SMILES string of the molecule is CCOC(=O)c1nc2ccnn2c2c1CCN2C1CCC1. The molecule has 1 aliphatic heterocycles. The van der Waals surface area contributed by atoms with E-state index in [1.807, 2.05) is 17.5 Å². The second-order valence-corrected chi connectivity index (χ2v) is 5.61. The molecule has 6 nitrogen and oxygen atoms in total. The largest absolute Gasteiger partial charge is 0.461 e. The monoisotopic (exact) mass is 286 g/mol. The van der Waals surface area contributed by atoms with Crippen LogP contribution in [-0.4, -0.2) is 39.8 Å². The van der Waals surface area contributed by atoms with Gasteiger partial charge in [-0.25, -0.2) is 9.78 Å². The maximum Gasteiger partial charge on any atom is 0.357 e. The zero-order chi connectivity index (χ0) is 14.4. The lowest BCUT2D eigenvalue weighted by molar-refractivity contribution is 0.0518. The lowest BCUT2D eigenvalue weighted by Gasteiger charge is -2.36. The van der Waals surface area contributed by atoms with Crippen molar-refractivity contribution in [3.63, 3.8) is 0 Å². The molecule has 2 aromatic heterocycles. The second kappa shape index (κ2) is 4.72. The zero-order valence-corrected chi connectivity index (χ0v) is 12.1. The van der Waals surface area contributed by atoms with Crippen LogP contribution < -0.4 is 4.90 Å². The van der Waals surface area contributed by atoms with E-state index in [0.717, 1.165) is 24.3 Å². The Morgan fingerprint density at radius 1 is 1.48 bits per heavy atom. The van der Waals surface area contributed by atoms with Crippen molar-refractivity contribution in [3.05, 3.63) is 23.5 Å². The van der Waals surface area contributed by atoms with E-state index < -0.39 is 0 Å². The molecule has 0 spiro atoms. The fourth-order valence-electron chi connectivity index (χ4n) is 3.25. The van der Waals surface area contributed by atoms with E-state index in [-0.39, 0.29) is 5.97 Å². The molecule has 1 saturated carbocycles. The predicted octanol–water partition coefficient (Wildman–Crippen LogP) is 1.82. The molecule has 0 bridgehead atoms. The van der Waals surface area contributed by atoms with Gasteiger partial charge in [0.1, 0.15) is 5.82 Å². The third kappa shape index (κ3) is 1.81. The van der Waals surface area contributed by atoms with Crippen molar-refractivity contribution in [1.29, 1.82) is 0 Å². The van der Waals surface area contributed by atoms with Crippen LogP contribution in [0.3, 0.4) is 0 Å². The van der Waals surface area contributed by atoms with E-state index in [1.54, 1.807) is 6.20 Å². The zero-order valence-electron chi connectivity index (χ0n) is 12.1. The lowest BCUT2D eigenvalue weighted by Crippen LogP contribution is -2.39. The Balaban J connectivity index is 1.87. The fraction of sp³-hybridized carbons (Fsp3) is 0.533. The van der Waals surface area contributed by atoms with Crippen molar-refractivity contribution in [3.8, 4) is 0 Å². The highest BCUT2D eigenvalue weighted by Crippen LogP contribution is 2.37.